The molecule has 0 atom stereocenters. The number of nitrogens with zero attached hydrogens (tertiary/aromatic N) is 1. The zero-order valence-corrected chi connectivity index (χ0v) is 15.6. The van der Waals surface area contributed by atoms with Crippen LogP contribution in [0.15, 0.2) is 42.6 Å². The van der Waals surface area contributed by atoms with Gasteiger partial charge in [-0.25, -0.2) is 15.3 Å². The minimum atomic E-state index is -0.669. The van der Waals surface area contributed by atoms with Crippen LogP contribution in [0.1, 0.15) is 41.6 Å². The first-order valence-corrected chi connectivity index (χ1v) is 9.38. The Labute approximate surface area is 163 Å². The van der Waals surface area contributed by atoms with Crippen molar-refractivity contribution in [3.63, 3.8) is 0 Å². The van der Waals surface area contributed by atoms with Crippen LogP contribution in [0, 0.1) is 5.92 Å². The van der Waals surface area contributed by atoms with E-state index in [2.05, 4.69) is 21.1 Å². The summed E-state index contributed by atoms with van der Waals surface area (Å²) in [6, 6.07) is 10.1. The molecule has 0 spiro atoms. The van der Waals surface area contributed by atoms with Crippen LogP contribution < -0.4 is 21.8 Å². The summed E-state index contributed by atoms with van der Waals surface area (Å²) >= 11 is 0. The van der Waals surface area contributed by atoms with E-state index in [1.165, 1.54) is 12.8 Å². The molecule has 3 amide bonds. The van der Waals surface area contributed by atoms with Gasteiger partial charge in [0.15, 0.2) is 0 Å². The third-order valence-electron chi connectivity index (χ3n) is 4.69. The number of carbonyl (C=O) groups is 2. The van der Waals surface area contributed by atoms with Crippen LogP contribution in [0.25, 0.3) is 0 Å². The third kappa shape index (κ3) is 5.68. The maximum atomic E-state index is 12.5. The van der Waals surface area contributed by atoms with Gasteiger partial charge in [0.1, 0.15) is 5.82 Å². The van der Waals surface area contributed by atoms with E-state index in [1.54, 1.807) is 24.4 Å². The number of nitrogens with one attached hydrogen (secondary N) is 3. The molecule has 1 fully saturated rings. The van der Waals surface area contributed by atoms with Crippen molar-refractivity contribution in [1.82, 2.24) is 10.5 Å². The van der Waals surface area contributed by atoms with Gasteiger partial charge in [-0.3, -0.25) is 14.9 Å². The minimum Gasteiger partial charge on any atom is -0.380 e. The van der Waals surface area contributed by atoms with Gasteiger partial charge < -0.3 is 11.1 Å². The molecule has 0 saturated heterocycles. The van der Waals surface area contributed by atoms with Crippen LogP contribution in [-0.2, 0) is 11.4 Å². The number of hydroxylamine groups is 1. The summed E-state index contributed by atoms with van der Waals surface area (Å²) < 4.78 is 0. The lowest BCUT2D eigenvalue weighted by Gasteiger charge is -2.14. The number of anilines is 2. The van der Waals surface area contributed by atoms with Crippen LogP contribution in [0.3, 0.4) is 0 Å². The number of pyridine rings is 1. The molecule has 1 saturated carbocycles. The number of aromatic nitrogens is 1. The van der Waals surface area contributed by atoms with Crippen molar-refractivity contribution in [3.8, 4) is 0 Å². The molecule has 148 valence electrons. The number of urea groups is 1. The van der Waals surface area contributed by atoms with E-state index in [0.717, 1.165) is 18.4 Å². The summed E-state index contributed by atoms with van der Waals surface area (Å²) in [5.74, 6) is 0.619. The van der Waals surface area contributed by atoms with Gasteiger partial charge >= 0.3 is 6.03 Å². The highest BCUT2D eigenvalue weighted by Gasteiger charge is 2.16. The molecule has 0 bridgehead atoms. The fourth-order valence-electron chi connectivity index (χ4n) is 3.27. The monoisotopic (exact) mass is 383 g/mol. The molecular formula is C20H25N5O3. The van der Waals surface area contributed by atoms with Gasteiger partial charge in [0, 0.05) is 18.4 Å². The Kier molecular flexibility index (Phi) is 6.80. The predicted octanol–water partition coefficient (Wildman–Crippen LogP) is 3.04. The summed E-state index contributed by atoms with van der Waals surface area (Å²) in [6.07, 6.45) is 6.37. The van der Waals surface area contributed by atoms with Gasteiger partial charge in [0.05, 0.1) is 12.2 Å². The molecule has 1 aliphatic carbocycles. The molecule has 0 unspecified atom stereocenters. The molecule has 3 rings (SSSR count). The van der Waals surface area contributed by atoms with Gasteiger partial charge in [0.2, 0.25) is 0 Å². The number of carbonyl (C=O) groups excluding carboxylic acids is 2. The molecule has 28 heavy (non-hydrogen) atoms. The van der Waals surface area contributed by atoms with Crippen LogP contribution >= 0.6 is 0 Å². The van der Waals surface area contributed by atoms with Crippen molar-refractivity contribution in [2.24, 2.45) is 11.7 Å². The molecule has 1 aliphatic rings. The van der Waals surface area contributed by atoms with Crippen LogP contribution in [-0.4, -0.2) is 23.5 Å². The third-order valence-corrected chi connectivity index (χ3v) is 4.69. The quantitative estimate of drug-likeness (QED) is 0.523. The Bertz CT molecular complexity index is 821. The van der Waals surface area contributed by atoms with Crippen molar-refractivity contribution in [2.75, 3.05) is 17.2 Å². The lowest BCUT2D eigenvalue weighted by molar-refractivity contribution is 0.0172. The predicted molar refractivity (Wildman–Crippen MR) is 107 cm³/mol. The molecule has 8 heteroatoms. The number of rotatable bonds is 8. The highest BCUT2D eigenvalue weighted by atomic mass is 16.6. The molecule has 1 aromatic carbocycles. The van der Waals surface area contributed by atoms with Crippen molar-refractivity contribution in [1.29, 1.82) is 0 Å². The Balaban J connectivity index is 1.57. The van der Waals surface area contributed by atoms with E-state index in [4.69, 9.17) is 10.6 Å². The van der Waals surface area contributed by atoms with Gasteiger partial charge in [-0.05, 0) is 48.6 Å². The fourth-order valence-corrected chi connectivity index (χ4v) is 3.27. The second-order valence-electron chi connectivity index (χ2n) is 6.83. The zero-order valence-electron chi connectivity index (χ0n) is 15.6. The second kappa shape index (κ2) is 9.70. The first-order valence-electron chi connectivity index (χ1n) is 9.38. The van der Waals surface area contributed by atoms with Gasteiger partial charge in [-0.15, -0.1) is 0 Å². The molecule has 0 aliphatic heterocycles. The summed E-state index contributed by atoms with van der Waals surface area (Å²) in [5, 5.41) is 5.67. The Morgan fingerprint density at radius 2 is 1.96 bits per heavy atom. The van der Waals surface area contributed by atoms with Crippen molar-refractivity contribution in [3.05, 3.63) is 53.7 Å². The van der Waals surface area contributed by atoms with E-state index in [1.807, 2.05) is 18.2 Å². The van der Waals surface area contributed by atoms with Crippen molar-refractivity contribution in [2.45, 2.75) is 32.2 Å². The van der Waals surface area contributed by atoms with Crippen molar-refractivity contribution < 1.29 is 14.4 Å². The number of nitrogens with two attached hydrogens (primary N) is 1. The molecule has 1 aromatic heterocycles. The lowest BCUT2D eigenvalue weighted by Crippen LogP contribution is -2.27. The molecular weight excluding hydrogens is 358 g/mol. The summed E-state index contributed by atoms with van der Waals surface area (Å²) in [5.41, 5.74) is 9.72. The summed E-state index contributed by atoms with van der Waals surface area (Å²) in [6.45, 7) is 0.997. The Morgan fingerprint density at radius 3 is 2.75 bits per heavy atom. The average molecular weight is 383 g/mol. The second-order valence-corrected chi connectivity index (χ2v) is 6.83. The molecule has 2 aromatic rings. The van der Waals surface area contributed by atoms with Gasteiger partial charge in [0.25, 0.3) is 5.91 Å². The van der Waals surface area contributed by atoms with Crippen molar-refractivity contribution >= 4 is 23.4 Å². The number of para-hydroxylation sites is 1. The van der Waals surface area contributed by atoms with E-state index >= 15 is 0 Å². The molecule has 8 nitrogen and oxygen atoms in total. The Hall–Kier alpha value is -3.13. The number of hydrogen-bond acceptors (Lipinski definition) is 5. The minimum absolute atomic E-state index is 0.285. The van der Waals surface area contributed by atoms with E-state index in [-0.39, 0.29) is 5.91 Å². The summed E-state index contributed by atoms with van der Waals surface area (Å²) in [7, 11) is 0. The molecule has 5 N–H and O–H groups in total. The summed E-state index contributed by atoms with van der Waals surface area (Å²) in [4.78, 5) is 32.9. The van der Waals surface area contributed by atoms with E-state index in [0.29, 0.717) is 36.1 Å². The average Bonchev–Trinajstić information content (AvgIpc) is 3.20. The standard InChI is InChI=1S/C20H25N5O3/c21-20(27)24-18-11-15(9-10-22-18)12-23-17-8-4-3-7-16(17)19(26)25-28-13-14-5-1-2-6-14/h3-4,7-11,14,23H,1-2,5-6,12-13H2,(H,25,26)(H3,21,22,24,27). The maximum absolute atomic E-state index is 12.5. The smallest absolute Gasteiger partial charge is 0.317 e. The topological polar surface area (TPSA) is 118 Å². The number of benzene rings is 1. The highest BCUT2D eigenvalue weighted by molar-refractivity contribution is 5.99. The molecule has 1 heterocycles. The van der Waals surface area contributed by atoms with Gasteiger partial charge in [-0.1, -0.05) is 25.0 Å². The highest BCUT2D eigenvalue weighted by Crippen LogP contribution is 2.24. The number of primary amides is 1. The van der Waals surface area contributed by atoms with Crippen LogP contribution in [0.5, 0.6) is 0 Å². The zero-order chi connectivity index (χ0) is 19.8. The van der Waals surface area contributed by atoms with E-state index < -0.39 is 6.03 Å². The lowest BCUT2D eigenvalue weighted by atomic mass is 10.1. The first-order chi connectivity index (χ1) is 13.6. The first kappa shape index (κ1) is 19.6. The SMILES string of the molecule is NC(=O)Nc1cc(CNc2ccccc2C(=O)NOCC2CCCC2)ccn1. The van der Waals surface area contributed by atoms with Crippen LogP contribution in [0.4, 0.5) is 16.3 Å². The van der Waals surface area contributed by atoms with E-state index in [9.17, 15) is 9.59 Å². The maximum Gasteiger partial charge on any atom is 0.317 e. The number of amides is 3. The molecule has 0 radical (unpaired) electrons. The normalized spacial score (nSPS) is 13.9. The number of hydrogen-bond donors (Lipinski definition) is 4. The largest absolute Gasteiger partial charge is 0.380 e. The van der Waals surface area contributed by atoms with Gasteiger partial charge in [-0.2, -0.15) is 0 Å². The Morgan fingerprint density at radius 1 is 1.18 bits per heavy atom. The van der Waals surface area contributed by atoms with Crippen LogP contribution in [0.2, 0.25) is 0 Å². The fraction of sp³-hybridized carbons (Fsp3) is 0.350.